The number of hydrogen-bond donors (Lipinski definition) is 0. The Kier molecular flexibility index (Phi) is 5.47. The van der Waals surface area contributed by atoms with Crippen LogP contribution in [0.25, 0.3) is 5.70 Å². The van der Waals surface area contributed by atoms with Crippen LogP contribution in [0.15, 0.2) is 60.2 Å². The van der Waals surface area contributed by atoms with Gasteiger partial charge in [-0.15, -0.1) is 0 Å². The standard InChI is InChI=1S/C23H29NO/c1-5-17(2)14-19-8-6-9-20(13-12-19)16-25-23-11-7-10-21-18(3)24(4)15-22(21)23/h6-7,9-13,17H,3,5,8,14-16H2,1-2,4H3/t17-/m1/s1. The molecule has 1 atom stereocenters. The Morgan fingerprint density at radius 1 is 1.28 bits per heavy atom. The molecule has 2 aliphatic rings. The maximum atomic E-state index is 6.16. The van der Waals surface area contributed by atoms with E-state index < -0.39 is 0 Å². The second-order valence-electron chi connectivity index (χ2n) is 7.26. The minimum Gasteiger partial charge on any atom is -0.489 e. The van der Waals surface area contributed by atoms with Crippen LogP contribution < -0.4 is 4.74 Å². The van der Waals surface area contributed by atoms with Gasteiger partial charge in [-0.3, -0.25) is 0 Å². The highest BCUT2D eigenvalue weighted by Crippen LogP contribution is 2.36. The molecule has 1 aromatic carbocycles. The zero-order valence-corrected chi connectivity index (χ0v) is 15.7. The maximum absolute atomic E-state index is 6.16. The van der Waals surface area contributed by atoms with Crippen molar-refractivity contribution >= 4 is 5.70 Å². The molecule has 0 radical (unpaired) electrons. The van der Waals surface area contributed by atoms with Crippen molar-refractivity contribution in [3.63, 3.8) is 0 Å². The first-order valence-corrected chi connectivity index (χ1v) is 9.28. The highest BCUT2D eigenvalue weighted by molar-refractivity contribution is 5.71. The van der Waals surface area contributed by atoms with E-state index in [-0.39, 0.29) is 0 Å². The Labute approximate surface area is 152 Å². The zero-order valence-electron chi connectivity index (χ0n) is 15.7. The van der Waals surface area contributed by atoms with Crippen LogP contribution in [0.1, 0.15) is 44.2 Å². The summed E-state index contributed by atoms with van der Waals surface area (Å²) in [7, 11) is 2.08. The third kappa shape index (κ3) is 4.07. The van der Waals surface area contributed by atoms with E-state index in [0.29, 0.717) is 6.61 Å². The molecular weight excluding hydrogens is 306 g/mol. The Morgan fingerprint density at radius 3 is 2.92 bits per heavy atom. The molecule has 2 heteroatoms. The molecule has 1 aromatic rings. The Morgan fingerprint density at radius 2 is 2.12 bits per heavy atom. The van der Waals surface area contributed by atoms with Gasteiger partial charge in [0.2, 0.25) is 0 Å². The summed E-state index contributed by atoms with van der Waals surface area (Å²) in [6.07, 6.45) is 12.4. The Bertz CT molecular complexity index is 738. The lowest BCUT2D eigenvalue weighted by Crippen LogP contribution is -2.07. The van der Waals surface area contributed by atoms with Crippen LogP contribution in [-0.2, 0) is 6.54 Å². The summed E-state index contributed by atoms with van der Waals surface area (Å²) in [5, 5.41) is 0. The summed E-state index contributed by atoms with van der Waals surface area (Å²) in [5.41, 5.74) is 6.27. The van der Waals surface area contributed by atoms with Crippen molar-refractivity contribution in [1.82, 2.24) is 4.90 Å². The summed E-state index contributed by atoms with van der Waals surface area (Å²) >= 11 is 0. The van der Waals surface area contributed by atoms with E-state index in [0.717, 1.165) is 30.3 Å². The average molecular weight is 335 g/mol. The Balaban J connectivity index is 1.68. The third-order valence-corrected chi connectivity index (χ3v) is 5.25. The molecule has 0 bridgehead atoms. The van der Waals surface area contributed by atoms with Crippen LogP contribution in [0, 0.1) is 5.92 Å². The number of ether oxygens (including phenoxy) is 1. The fourth-order valence-electron chi connectivity index (χ4n) is 3.38. The van der Waals surface area contributed by atoms with Gasteiger partial charge in [-0.05, 0) is 30.4 Å². The van der Waals surface area contributed by atoms with E-state index >= 15 is 0 Å². The van der Waals surface area contributed by atoms with Crippen LogP contribution in [0.3, 0.4) is 0 Å². The molecule has 1 aliphatic carbocycles. The van der Waals surface area contributed by atoms with Gasteiger partial charge in [0.05, 0.1) is 0 Å². The first-order valence-electron chi connectivity index (χ1n) is 9.28. The number of hydrogen-bond acceptors (Lipinski definition) is 2. The van der Waals surface area contributed by atoms with E-state index in [1.54, 1.807) is 0 Å². The third-order valence-electron chi connectivity index (χ3n) is 5.25. The molecule has 3 rings (SSSR count). The van der Waals surface area contributed by atoms with E-state index in [4.69, 9.17) is 4.74 Å². The second-order valence-corrected chi connectivity index (χ2v) is 7.26. The highest BCUT2D eigenvalue weighted by atomic mass is 16.5. The molecule has 0 amide bonds. The van der Waals surface area contributed by atoms with E-state index in [1.807, 2.05) is 0 Å². The smallest absolute Gasteiger partial charge is 0.125 e. The van der Waals surface area contributed by atoms with Gasteiger partial charge in [0.1, 0.15) is 12.4 Å². The van der Waals surface area contributed by atoms with Gasteiger partial charge in [0.25, 0.3) is 0 Å². The quantitative estimate of drug-likeness (QED) is 0.658. The molecule has 1 heterocycles. The van der Waals surface area contributed by atoms with Crippen molar-refractivity contribution in [1.29, 1.82) is 0 Å². The van der Waals surface area contributed by atoms with Gasteiger partial charge in [-0.1, -0.05) is 68.9 Å². The van der Waals surface area contributed by atoms with Crippen LogP contribution in [0.4, 0.5) is 0 Å². The predicted molar refractivity (Wildman–Crippen MR) is 106 cm³/mol. The van der Waals surface area contributed by atoms with Crippen molar-refractivity contribution in [2.45, 2.75) is 39.7 Å². The van der Waals surface area contributed by atoms with Crippen molar-refractivity contribution in [2.24, 2.45) is 5.92 Å². The summed E-state index contributed by atoms with van der Waals surface area (Å²) < 4.78 is 6.16. The first kappa shape index (κ1) is 17.6. The number of nitrogens with zero attached hydrogens (tertiary/aromatic N) is 1. The fourth-order valence-corrected chi connectivity index (χ4v) is 3.38. The van der Waals surface area contributed by atoms with Crippen LogP contribution in [-0.4, -0.2) is 18.6 Å². The van der Waals surface area contributed by atoms with Crippen molar-refractivity contribution in [3.05, 3.63) is 71.4 Å². The zero-order chi connectivity index (χ0) is 17.8. The molecule has 132 valence electrons. The first-order chi connectivity index (χ1) is 12.1. The SMILES string of the molecule is C=C1c2cccc(OCC3=CC=C(C[C@H](C)CC)CC=C3)c2CN1C. The molecule has 0 aromatic heterocycles. The van der Waals surface area contributed by atoms with E-state index in [9.17, 15) is 0 Å². The van der Waals surface area contributed by atoms with Gasteiger partial charge in [0, 0.05) is 30.4 Å². The molecule has 0 unspecified atom stereocenters. The molecule has 25 heavy (non-hydrogen) atoms. The molecule has 0 fully saturated rings. The lowest BCUT2D eigenvalue weighted by Gasteiger charge is -2.11. The fraction of sp³-hybridized carbons (Fsp3) is 0.391. The lowest BCUT2D eigenvalue weighted by molar-refractivity contribution is 0.348. The summed E-state index contributed by atoms with van der Waals surface area (Å²) in [5.74, 6) is 1.73. The molecule has 2 nitrogen and oxygen atoms in total. The number of fused-ring (bicyclic) bond motifs is 1. The number of rotatable bonds is 6. The van der Waals surface area contributed by atoms with Crippen LogP contribution in [0.2, 0.25) is 0 Å². The largest absolute Gasteiger partial charge is 0.489 e. The lowest BCUT2D eigenvalue weighted by atomic mass is 9.97. The predicted octanol–water partition coefficient (Wildman–Crippen LogP) is 5.73. The molecule has 0 N–H and O–H groups in total. The van der Waals surface area contributed by atoms with Crippen molar-refractivity contribution in [2.75, 3.05) is 13.7 Å². The van der Waals surface area contributed by atoms with Gasteiger partial charge < -0.3 is 9.64 Å². The highest BCUT2D eigenvalue weighted by Gasteiger charge is 2.22. The monoisotopic (exact) mass is 335 g/mol. The topological polar surface area (TPSA) is 12.5 Å². The summed E-state index contributed by atoms with van der Waals surface area (Å²) in [4.78, 5) is 2.17. The van der Waals surface area contributed by atoms with E-state index in [1.165, 1.54) is 35.1 Å². The van der Waals surface area contributed by atoms with Crippen LogP contribution >= 0.6 is 0 Å². The minimum absolute atomic E-state index is 0.607. The van der Waals surface area contributed by atoms with Crippen LogP contribution in [0.5, 0.6) is 5.75 Å². The number of benzene rings is 1. The maximum Gasteiger partial charge on any atom is 0.125 e. The summed E-state index contributed by atoms with van der Waals surface area (Å²) in [6, 6.07) is 6.25. The Hall–Kier alpha value is -2.22. The molecule has 0 saturated heterocycles. The molecule has 0 spiro atoms. The normalized spacial score (nSPS) is 17.7. The number of allylic oxidation sites excluding steroid dienone is 4. The van der Waals surface area contributed by atoms with E-state index in [2.05, 4.69) is 74.9 Å². The molecular formula is C23H29NO. The van der Waals surface area contributed by atoms with Gasteiger partial charge in [0.15, 0.2) is 0 Å². The minimum atomic E-state index is 0.607. The van der Waals surface area contributed by atoms with Gasteiger partial charge >= 0.3 is 0 Å². The second kappa shape index (κ2) is 7.77. The van der Waals surface area contributed by atoms with Crippen molar-refractivity contribution < 1.29 is 4.74 Å². The van der Waals surface area contributed by atoms with Crippen molar-refractivity contribution in [3.8, 4) is 5.75 Å². The molecule has 1 aliphatic heterocycles. The molecule has 0 saturated carbocycles. The van der Waals surface area contributed by atoms with Gasteiger partial charge in [-0.25, -0.2) is 0 Å². The summed E-state index contributed by atoms with van der Waals surface area (Å²) in [6.45, 7) is 10.2. The average Bonchev–Trinajstić information content (AvgIpc) is 2.78. The van der Waals surface area contributed by atoms with Gasteiger partial charge in [-0.2, -0.15) is 0 Å².